The second kappa shape index (κ2) is 8.39. The van der Waals surface area contributed by atoms with Crippen LogP contribution >= 0.6 is 0 Å². The summed E-state index contributed by atoms with van der Waals surface area (Å²) in [5.41, 5.74) is 2.37. The third kappa shape index (κ3) is 4.42. The molecular formula is C23H22FN3O2. The Bertz CT molecular complexity index is 1050. The van der Waals surface area contributed by atoms with Crippen molar-refractivity contribution in [3.63, 3.8) is 0 Å². The average molecular weight is 391 g/mol. The molecule has 0 unspecified atom stereocenters. The van der Waals surface area contributed by atoms with Gasteiger partial charge >= 0.3 is 0 Å². The van der Waals surface area contributed by atoms with Gasteiger partial charge in [0, 0.05) is 43.2 Å². The van der Waals surface area contributed by atoms with Crippen molar-refractivity contribution in [1.29, 1.82) is 0 Å². The second-order valence-electron chi connectivity index (χ2n) is 7.35. The van der Waals surface area contributed by atoms with Gasteiger partial charge in [0.2, 0.25) is 11.8 Å². The van der Waals surface area contributed by atoms with Crippen LogP contribution in [0.3, 0.4) is 0 Å². The van der Waals surface area contributed by atoms with E-state index in [0.717, 1.165) is 16.5 Å². The van der Waals surface area contributed by atoms with E-state index in [9.17, 15) is 14.0 Å². The van der Waals surface area contributed by atoms with Crippen molar-refractivity contribution in [2.45, 2.75) is 25.9 Å². The Morgan fingerprint density at radius 2 is 2.03 bits per heavy atom. The van der Waals surface area contributed by atoms with Gasteiger partial charge in [-0.2, -0.15) is 0 Å². The van der Waals surface area contributed by atoms with Gasteiger partial charge in [-0.1, -0.05) is 30.3 Å². The van der Waals surface area contributed by atoms with E-state index in [1.165, 1.54) is 6.07 Å². The standard InChI is InChI=1S/C23H22FN3O2/c24-20-6-2-1-4-18(20)14-27-15-19(8-10-22(27)28)23(29)26-13-16-7-9-21-17(12-16)5-3-11-25-21/h1-7,9,11-12,19H,8,10,13-15H2,(H,26,29)/t19-/m1/s1. The van der Waals surface area contributed by atoms with Gasteiger partial charge in [-0.25, -0.2) is 4.39 Å². The molecule has 0 aliphatic carbocycles. The van der Waals surface area contributed by atoms with Gasteiger partial charge in [0.1, 0.15) is 5.82 Å². The van der Waals surface area contributed by atoms with Crippen molar-refractivity contribution in [2.24, 2.45) is 5.92 Å². The molecule has 0 bridgehead atoms. The van der Waals surface area contributed by atoms with E-state index in [0.29, 0.717) is 31.5 Å². The number of pyridine rings is 1. The third-order valence-corrected chi connectivity index (χ3v) is 5.32. The van der Waals surface area contributed by atoms with E-state index in [2.05, 4.69) is 10.3 Å². The Balaban J connectivity index is 1.37. The normalized spacial score (nSPS) is 16.8. The Morgan fingerprint density at radius 1 is 1.17 bits per heavy atom. The molecule has 0 saturated carbocycles. The number of likely N-dealkylation sites (tertiary alicyclic amines) is 1. The molecule has 6 heteroatoms. The summed E-state index contributed by atoms with van der Waals surface area (Å²) in [7, 11) is 0. The summed E-state index contributed by atoms with van der Waals surface area (Å²) in [5, 5.41) is 4.00. The lowest BCUT2D eigenvalue weighted by Crippen LogP contribution is -2.45. The van der Waals surface area contributed by atoms with Crippen LogP contribution < -0.4 is 5.32 Å². The van der Waals surface area contributed by atoms with Crippen molar-refractivity contribution in [2.75, 3.05) is 6.54 Å². The Labute approximate surface area is 168 Å². The molecule has 1 aliphatic heterocycles. The van der Waals surface area contributed by atoms with E-state index in [-0.39, 0.29) is 30.1 Å². The first-order chi connectivity index (χ1) is 14.1. The molecule has 1 fully saturated rings. The number of rotatable bonds is 5. The highest BCUT2D eigenvalue weighted by atomic mass is 19.1. The van der Waals surface area contributed by atoms with Gasteiger partial charge in [-0.05, 0) is 36.2 Å². The highest BCUT2D eigenvalue weighted by molar-refractivity contribution is 5.84. The minimum atomic E-state index is -0.335. The Kier molecular flexibility index (Phi) is 5.51. The van der Waals surface area contributed by atoms with Crippen LogP contribution in [0.15, 0.2) is 60.8 Å². The largest absolute Gasteiger partial charge is 0.352 e. The summed E-state index contributed by atoms with van der Waals surface area (Å²) >= 11 is 0. The maximum Gasteiger partial charge on any atom is 0.225 e. The predicted octanol–water partition coefficient (Wildman–Crippen LogP) is 3.43. The molecule has 2 aromatic carbocycles. The third-order valence-electron chi connectivity index (χ3n) is 5.32. The van der Waals surface area contributed by atoms with Crippen LogP contribution in [-0.4, -0.2) is 28.2 Å². The molecule has 1 N–H and O–H groups in total. The number of benzene rings is 2. The Morgan fingerprint density at radius 3 is 2.90 bits per heavy atom. The van der Waals surface area contributed by atoms with E-state index < -0.39 is 0 Å². The lowest BCUT2D eigenvalue weighted by atomic mass is 9.96. The number of hydrogen-bond acceptors (Lipinski definition) is 3. The molecule has 2 heterocycles. The first kappa shape index (κ1) is 19.1. The number of nitrogens with one attached hydrogen (secondary N) is 1. The van der Waals surface area contributed by atoms with Crippen LogP contribution in [-0.2, 0) is 22.7 Å². The van der Waals surface area contributed by atoms with Crippen LogP contribution in [0, 0.1) is 11.7 Å². The Hall–Kier alpha value is -3.28. The van der Waals surface area contributed by atoms with Crippen LogP contribution in [0.4, 0.5) is 4.39 Å². The summed E-state index contributed by atoms with van der Waals surface area (Å²) in [6.07, 6.45) is 2.56. The highest BCUT2D eigenvalue weighted by Gasteiger charge is 2.30. The SMILES string of the molecule is O=C(NCc1ccc2ncccc2c1)[C@@H]1CCC(=O)N(Cc2ccccc2F)C1. The van der Waals surface area contributed by atoms with Crippen molar-refractivity contribution in [3.8, 4) is 0 Å². The molecule has 0 radical (unpaired) electrons. The molecule has 1 atom stereocenters. The zero-order chi connectivity index (χ0) is 20.2. The second-order valence-corrected chi connectivity index (χ2v) is 7.35. The first-order valence-electron chi connectivity index (χ1n) is 9.73. The van der Waals surface area contributed by atoms with Crippen LogP contribution in [0.25, 0.3) is 10.9 Å². The number of halogens is 1. The number of aromatic nitrogens is 1. The van der Waals surface area contributed by atoms with Gasteiger partial charge in [0.15, 0.2) is 0 Å². The molecule has 148 valence electrons. The summed E-state index contributed by atoms with van der Waals surface area (Å²) in [4.78, 5) is 30.8. The number of carbonyl (C=O) groups is 2. The van der Waals surface area contributed by atoms with E-state index in [4.69, 9.17) is 0 Å². The lowest BCUT2D eigenvalue weighted by Gasteiger charge is -2.32. The molecule has 0 spiro atoms. The van der Waals surface area contributed by atoms with E-state index >= 15 is 0 Å². The number of hydrogen-bond donors (Lipinski definition) is 1. The van der Waals surface area contributed by atoms with Gasteiger partial charge in [0.25, 0.3) is 0 Å². The molecule has 1 saturated heterocycles. The average Bonchev–Trinajstić information content (AvgIpc) is 2.75. The van der Waals surface area contributed by atoms with Gasteiger partial charge < -0.3 is 10.2 Å². The molecule has 4 rings (SSSR count). The summed E-state index contributed by atoms with van der Waals surface area (Å²) in [6, 6.07) is 16.2. The maximum atomic E-state index is 13.9. The van der Waals surface area contributed by atoms with Crippen molar-refractivity contribution in [3.05, 3.63) is 77.7 Å². The molecule has 1 aromatic heterocycles. The maximum absolute atomic E-state index is 13.9. The van der Waals surface area contributed by atoms with E-state index in [1.807, 2.05) is 30.3 Å². The lowest BCUT2D eigenvalue weighted by molar-refractivity contribution is -0.139. The molecular weight excluding hydrogens is 369 g/mol. The molecule has 3 aromatic rings. The molecule has 5 nitrogen and oxygen atoms in total. The van der Waals surface area contributed by atoms with Crippen LogP contribution in [0.5, 0.6) is 0 Å². The van der Waals surface area contributed by atoms with E-state index in [1.54, 1.807) is 29.3 Å². The van der Waals surface area contributed by atoms with Gasteiger partial charge in [-0.3, -0.25) is 14.6 Å². The van der Waals surface area contributed by atoms with Crippen molar-refractivity contribution >= 4 is 22.7 Å². The number of nitrogens with zero attached hydrogens (tertiary/aromatic N) is 2. The van der Waals surface area contributed by atoms with Crippen LogP contribution in [0.2, 0.25) is 0 Å². The summed E-state index contributed by atoms with van der Waals surface area (Å²) < 4.78 is 13.9. The van der Waals surface area contributed by atoms with Gasteiger partial charge in [-0.15, -0.1) is 0 Å². The van der Waals surface area contributed by atoms with Crippen molar-refractivity contribution < 1.29 is 14.0 Å². The zero-order valence-corrected chi connectivity index (χ0v) is 16.0. The number of amides is 2. The smallest absolute Gasteiger partial charge is 0.225 e. The minimum absolute atomic E-state index is 0.0423. The molecule has 2 amide bonds. The molecule has 29 heavy (non-hydrogen) atoms. The zero-order valence-electron chi connectivity index (χ0n) is 16.0. The molecule has 1 aliphatic rings. The summed E-state index contributed by atoms with van der Waals surface area (Å²) in [6.45, 7) is 0.912. The van der Waals surface area contributed by atoms with Crippen molar-refractivity contribution in [1.82, 2.24) is 15.2 Å². The number of fused-ring (bicyclic) bond motifs is 1. The minimum Gasteiger partial charge on any atom is -0.352 e. The highest BCUT2D eigenvalue weighted by Crippen LogP contribution is 2.21. The quantitative estimate of drug-likeness (QED) is 0.725. The van der Waals surface area contributed by atoms with Gasteiger partial charge in [0.05, 0.1) is 11.4 Å². The fraction of sp³-hybridized carbons (Fsp3) is 0.261. The summed E-state index contributed by atoms with van der Waals surface area (Å²) in [5.74, 6) is -0.749. The topological polar surface area (TPSA) is 62.3 Å². The fourth-order valence-electron chi connectivity index (χ4n) is 3.68. The monoisotopic (exact) mass is 391 g/mol. The number of carbonyl (C=O) groups excluding carboxylic acids is 2. The first-order valence-corrected chi connectivity index (χ1v) is 9.73. The van der Waals surface area contributed by atoms with Crippen LogP contribution in [0.1, 0.15) is 24.0 Å². The predicted molar refractivity (Wildman–Crippen MR) is 108 cm³/mol. The number of piperidine rings is 1. The fourth-order valence-corrected chi connectivity index (χ4v) is 3.68.